The number of rotatable bonds is 7. The molecule has 2 rings (SSSR count). The number of hydrogen-bond donors (Lipinski definition) is 3. The molecule has 3 N–H and O–H groups in total. The van der Waals surface area contributed by atoms with Crippen molar-refractivity contribution in [2.45, 2.75) is 18.2 Å². The summed E-state index contributed by atoms with van der Waals surface area (Å²) >= 11 is 0. The van der Waals surface area contributed by atoms with E-state index in [9.17, 15) is 8.42 Å². The molecule has 1 aromatic heterocycles. The molecule has 0 bridgehead atoms. The van der Waals surface area contributed by atoms with Crippen LogP contribution in [0.15, 0.2) is 35.5 Å². The first-order valence-electron chi connectivity index (χ1n) is 6.29. The molecule has 1 aromatic carbocycles. The number of hydrogen-bond acceptors (Lipinski definition) is 5. The molecule has 0 atom stereocenters. The smallest absolute Gasteiger partial charge is 0.240 e. The van der Waals surface area contributed by atoms with Gasteiger partial charge in [-0.15, -0.1) is 0 Å². The van der Waals surface area contributed by atoms with Crippen molar-refractivity contribution in [2.75, 3.05) is 18.4 Å². The summed E-state index contributed by atoms with van der Waals surface area (Å²) in [5, 5.41) is 9.50. The maximum Gasteiger partial charge on any atom is 0.240 e. The molecule has 0 aliphatic rings. The molecule has 0 radical (unpaired) electrons. The third-order valence-electron chi connectivity index (χ3n) is 2.66. The summed E-state index contributed by atoms with van der Waals surface area (Å²) in [6.07, 6.45) is 1.86. The maximum absolute atomic E-state index is 12.1. The van der Waals surface area contributed by atoms with Crippen LogP contribution in [-0.4, -0.2) is 36.7 Å². The highest BCUT2D eigenvalue weighted by Crippen LogP contribution is 2.13. The van der Waals surface area contributed by atoms with Gasteiger partial charge in [0.25, 0.3) is 0 Å². The lowest BCUT2D eigenvalue weighted by atomic mass is 10.3. The van der Waals surface area contributed by atoms with Crippen LogP contribution in [0.1, 0.15) is 12.7 Å². The van der Waals surface area contributed by atoms with E-state index in [0.717, 1.165) is 12.2 Å². The van der Waals surface area contributed by atoms with Crippen molar-refractivity contribution in [2.24, 2.45) is 0 Å². The molecule has 108 valence electrons. The molecule has 7 nitrogen and oxygen atoms in total. The molecule has 0 unspecified atom stereocenters. The Labute approximate surface area is 117 Å². The molecule has 0 saturated carbocycles. The fourth-order valence-electron chi connectivity index (χ4n) is 1.69. The van der Waals surface area contributed by atoms with Gasteiger partial charge in [0, 0.05) is 25.2 Å². The second kappa shape index (κ2) is 6.49. The lowest BCUT2D eigenvalue weighted by Crippen LogP contribution is -2.26. The fraction of sp³-hybridized carbons (Fsp3) is 0.333. The minimum absolute atomic E-state index is 0.247. The summed E-state index contributed by atoms with van der Waals surface area (Å²) < 4.78 is 26.6. The Hall–Kier alpha value is -1.93. The van der Waals surface area contributed by atoms with E-state index in [4.69, 9.17) is 0 Å². The average molecular weight is 295 g/mol. The van der Waals surface area contributed by atoms with Crippen LogP contribution in [0.25, 0.3) is 0 Å². The first-order valence-corrected chi connectivity index (χ1v) is 7.78. The minimum Gasteiger partial charge on any atom is -0.385 e. The molecular formula is C12H17N5O2S. The number of nitrogens with zero attached hydrogens (tertiary/aromatic N) is 2. The zero-order valence-corrected chi connectivity index (χ0v) is 11.9. The van der Waals surface area contributed by atoms with Gasteiger partial charge in [-0.2, -0.15) is 5.10 Å². The van der Waals surface area contributed by atoms with Crippen LogP contribution in [0.5, 0.6) is 0 Å². The Bertz CT molecular complexity index is 622. The molecule has 2 aromatic rings. The van der Waals surface area contributed by atoms with Gasteiger partial charge in [-0.05, 0) is 31.2 Å². The van der Waals surface area contributed by atoms with Crippen molar-refractivity contribution in [3.8, 4) is 0 Å². The summed E-state index contributed by atoms with van der Waals surface area (Å²) in [6, 6.07) is 6.65. The third kappa shape index (κ3) is 3.78. The van der Waals surface area contributed by atoms with E-state index in [1.165, 1.54) is 6.33 Å². The Balaban J connectivity index is 1.95. The van der Waals surface area contributed by atoms with Crippen LogP contribution in [0.4, 0.5) is 5.69 Å². The number of anilines is 1. The normalized spacial score (nSPS) is 11.4. The molecule has 0 fully saturated rings. The number of aromatic amines is 1. The highest BCUT2D eigenvalue weighted by Gasteiger charge is 2.13. The quantitative estimate of drug-likeness (QED) is 0.700. The number of H-pyrrole nitrogens is 1. The number of nitrogens with one attached hydrogen (secondary N) is 3. The van der Waals surface area contributed by atoms with Gasteiger partial charge in [0.1, 0.15) is 12.2 Å². The molecule has 8 heteroatoms. The average Bonchev–Trinajstić information content (AvgIpc) is 2.93. The Kier molecular flexibility index (Phi) is 4.70. The van der Waals surface area contributed by atoms with Crippen molar-refractivity contribution in [1.29, 1.82) is 0 Å². The molecule has 0 spiro atoms. The molecule has 0 aliphatic carbocycles. The first-order chi connectivity index (χ1) is 9.62. The van der Waals surface area contributed by atoms with Crippen LogP contribution >= 0.6 is 0 Å². The number of aromatic nitrogens is 3. The van der Waals surface area contributed by atoms with Gasteiger partial charge in [-0.1, -0.05) is 0 Å². The SMILES string of the molecule is CCNc1ccc(S(=O)(=O)NCCc2ncn[nH]2)cc1. The maximum atomic E-state index is 12.1. The van der Waals surface area contributed by atoms with Gasteiger partial charge in [0.05, 0.1) is 4.90 Å². The van der Waals surface area contributed by atoms with Crippen molar-refractivity contribution in [1.82, 2.24) is 19.9 Å². The predicted octanol–water partition coefficient (Wildman–Crippen LogP) is 0.757. The molecular weight excluding hydrogens is 278 g/mol. The highest BCUT2D eigenvalue weighted by molar-refractivity contribution is 7.89. The van der Waals surface area contributed by atoms with Crippen LogP contribution in [-0.2, 0) is 16.4 Å². The Morgan fingerprint density at radius 3 is 2.60 bits per heavy atom. The van der Waals surface area contributed by atoms with Gasteiger partial charge in [-0.25, -0.2) is 18.1 Å². The van der Waals surface area contributed by atoms with Crippen molar-refractivity contribution in [3.05, 3.63) is 36.4 Å². The molecule has 0 amide bonds. The predicted molar refractivity (Wildman–Crippen MR) is 75.9 cm³/mol. The van der Waals surface area contributed by atoms with E-state index in [1.54, 1.807) is 24.3 Å². The summed E-state index contributed by atoms with van der Waals surface area (Å²) in [7, 11) is -3.49. The molecule has 20 heavy (non-hydrogen) atoms. The van der Waals surface area contributed by atoms with E-state index in [1.807, 2.05) is 6.92 Å². The Morgan fingerprint density at radius 1 is 1.25 bits per heavy atom. The van der Waals surface area contributed by atoms with Gasteiger partial charge in [-0.3, -0.25) is 5.10 Å². The molecule has 0 saturated heterocycles. The standard InChI is InChI=1S/C12H17N5O2S/c1-2-13-10-3-5-11(6-4-10)20(18,19)16-8-7-12-14-9-15-17-12/h3-6,9,13,16H,2,7-8H2,1H3,(H,14,15,17). The summed E-state index contributed by atoms with van der Waals surface area (Å²) in [5.74, 6) is 0.648. The van der Waals surface area contributed by atoms with Crippen molar-refractivity contribution >= 4 is 15.7 Å². The van der Waals surface area contributed by atoms with Gasteiger partial charge < -0.3 is 5.32 Å². The van der Waals surface area contributed by atoms with E-state index in [-0.39, 0.29) is 11.4 Å². The van der Waals surface area contributed by atoms with E-state index in [0.29, 0.717) is 12.2 Å². The lowest BCUT2D eigenvalue weighted by molar-refractivity contribution is 0.581. The lowest BCUT2D eigenvalue weighted by Gasteiger charge is -2.07. The summed E-state index contributed by atoms with van der Waals surface area (Å²) in [4.78, 5) is 4.18. The van der Waals surface area contributed by atoms with Gasteiger partial charge in [0.2, 0.25) is 10.0 Å². The Morgan fingerprint density at radius 2 is 2.00 bits per heavy atom. The first kappa shape index (κ1) is 14.5. The number of sulfonamides is 1. The van der Waals surface area contributed by atoms with E-state index < -0.39 is 10.0 Å². The van der Waals surface area contributed by atoms with Crippen LogP contribution < -0.4 is 10.0 Å². The molecule has 1 heterocycles. The van der Waals surface area contributed by atoms with Gasteiger partial charge >= 0.3 is 0 Å². The molecule has 0 aliphatic heterocycles. The summed E-state index contributed by atoms with van der Waals surface area (Å²) in [5.41, 5.74) is 0.896. The van der Waals surface area contributed by atoms with Crippen molar-refractivity contribution < 1.29 is 8.42 Å². The minimum atomic E-state index is -3.49. The highest BCUT2D eigenvalue weighted by atomic mass is 32.2. The second-order valence-corrected chi connectivity index (χ2v) is 5.90. The zero-order valence-electron chi connectivity index (χ0n) is 11.1. The number of benzene rings is 1. The zero-order chi connectivity index (χ0) is 14.4. The van der Waals surface area contributed by atoms with E-state index in [2.05, 4.69) is 25.2 Å². The topological polar surface area (TPSA) is 99.8 Å². The fourth-order valence-corrected chi connectivity index (χ4v) is 2.73. The largest absolute Gasteiger partial charge is 0.385 e. The van der Waals surface area contributed by atoms with Crippen molar-refractivity contribution in [3.63, 3.8) is 0 Å². The van der Waals surface area contributed by atoms with Crippen LogP contribution in [0, 0.1) is 0 Å². The van der Waals surface area contributed by atoms with Crippen LogP contribution in [0.2, 0.25) is 0 Å². The summed E-state index contributed by atoms with van der Waals surface area (Å²) in [6.45, 7) is 3.05. The van der Waals surface area contributed by atoms with Crippen LogP contribution in [0.3, 0.4) is 0 Å². The second-order valence-electron chi connectivity index (χ2n) is 4.13. The van der Waals surface area contributed by atoms with E-state index >= 15 is 0 Å². The monoisotopic (exact) mass is 295 g/mol. The van der Waals surface area contributed by atoms with Gasteiger partial charge in [0.15, 0.2) is 0 Å². The third-order valence-corrected chi connectivity index (χ3v) is 4.14.